The number of ether oxygens (including phenoxy) is 1. The maximum atomic E-state index is 13.5. The lowest BCUT2D eigenvalue weighted by atomic mass is 10.2. The number of hydrogen-bond donors (Lipinski definition) is 3. The van der Waals surface area contributed by atoms with Crippen LogP contribution in [0.25, 0.3) is 0 Å². The summed E-state index contributed by atoms with van der Waals surface area (Å²) in [4.78, 5) is 0. The minimum Gasteiger partial charge on any atom is -0.502 e. The third-order valence-electron chi connectivity index (χ3n) is 2.38. The molecule has 3 N–H and O–H groups in total. The Bertz CT molecular complexity index is 688. The van der Waals surface area contributed by atoms with Gasteiger partial charge >= 0.3 is 0 Å². The molecule has 0 radical (unpaired) electrons. The monoisotopic (exact) mass is 290 g/mol. The fraction of sp³-hybridized carbons (Fsp3) is 0. The van der Waals surface area contributed by atoms with E-state index >= 15 is 0 Å². The largest absolute Gasteiger partial charge is 0.502 e. The molecule has 0 bridgehead atoms. The zero-order valence-electron chi connectivity index (χ0n) is 9.49. The molecule has 0 fully saturated rings. The van der Waals surface area contributed by atoms with Crippen LogP contribution in [0, 0.1) is 23.3 Å². The first-order valence-corrected chi connectivity index (χ1v) is 5.07. The third-order valence-corrected chi connectivity index (χ3v) is 2.38. The van der Waals surface area contributed by atoms with Crippen molar-refractivity contribution in [2.24, 2.45) is 0 Å². The van der Waals surface area contributed by atoms with Crippen molar-refractivity contribution in [3.63, 3.8) is 0 Å². The molecule has 0 atom stereocenters. The molecule has 0 saturated heterocycles. The Morgan fingerprint density at radius 2 is 1.35 bits per heavy atom. The van der Waals surface area contributed by atoms with Crippen LogP contribution in [0.4, 0.5) is 17.6 Å². The Kier molecular flexibility index (Phi) is 3.31. The molecule has 0 aliphatic rings. The standard InChI is InChI=1S/C12H6F4O4/c13-4-1-2-5(14)12(10(4)18)20-7-3-6(15)9(17)11(19)8(7)16/h1-3,17-19H. The SMILES string of the molecule is Oc1c(F)cc(Oc2c(F)ccc(F)c2O)c(F)c1O. The lowest BCUT2D eigenvalue weighted by Crippen LogP contribution is -1.95. The minimum absolute atomic E-state index is 0.300. The van der Waals surface area contributed by atoms with Crippen LogP contribution in [0.5, 0.6) is 28.7 Å². The Hall–Kier alpha value is -2.64. The number of benzene rings is 2. The Morgan fingerprint density at radius 3 is 2.00 bits per heavy atom. The first-order valence-electron chi connectivity index (χ1n) is 5.07. The van der Waals surface area contributed by atoms with E-state index in [-0.39, 0.29) is 0 Å². The number of phenolic OH excluding ortho intramolecular Hbond substituents is 3. The van der Waals surface area contributed by atoms with Gasteiger partial charge in [0.1, 0.15) is 0 Å². The van der Waals surface area contributed by atoms with Crippen molar-refractivity contribution in [2.75, 3.05) is 0 Å². The van der Waals surface area contributed by atoms with Gasteiger partial charge in [0.2, 0.25) is 17.3 Å². The summed E-state index contributed by atoms with van der Waals surface area (Å²) in [5.41, 5.74) is 0. The van der Waals surface area contributed by atoms with E-state index in [0.29, 0.717) is 18.2 Å². The van der Waals surface area contributed by atoms with Crippen LogP contribution >= 0.6 is 0 Å². The summed E-state index contributed by atoms with van der Waals surface area (Å²) in [5, 5.41) is 27.2. The number of hydrogen-bond acceptors (Lipinski definition) is 4. The summed E-state index contributed by atoms with van der Waals surface area (Å²) in [7, 11) is 0. The van der Waals surface area contributed by atoms with E-state index in [1.807, 2.05) is 0 Å². The summed E-state index contributed by atoms with van der Waals surface area (Å²) >= 11 is 0. The Balaban J connectivity index is 2.54. The highest BCUT2D eigenvalue weighted by molar-refractivity contribution is 5.50. The Labute approximate surface area is 109 Å². The molecular formula is C12H6F4O4. The van der Waals surface area contributed by atoms with Gasteiger partial charge in [-0.05, 0) is 12.1 Å². The van der Waals surface area contributed by atoms with Crippen molar-refractivity contribution in [1.29, 1.82) is 0 Å². The van der Waals surface area contributed by atoms with Crippen molar-refractivity contribution in [1.82, 2.24) is 0 Å². The van der Waals surface area contributed by atoms with Crippen LogP contribution in [0.3, 0.4) is 0 Å². The number of rotatable bonds is 2. The van der Waals surface area contributed by atoms with Crippen LogP contribution in [-0.4, -0.2) is 15.3 Å². The van der Waals surface area contributed by atoms with Gasteiger partial charge in [0.05, 0.1) is 0 Å². The number of aromatic hydroxyl groups is 3. The van der Waals surface area contributed by atoms with Crippen molar-refractivity contribution < 1.29 is 37.6 Å². The zero-order chi connectivity index (χ0) is 15.0. The van der Waals surface area contributed by atoms with Crippen molar-refractivity contribution in [2.45, 2.75) is 0 Å². The van der Waals surface area contributed by atoms with Crippen LogP contribution in [-0.2, 0) is 0 Å². The van der Waals surface area contributed by atoms with Gasteiger partial charge in [-0.1, -0.05) is 0 Å². The molecule has 2 rings (SSSR count). The fourth-order valence-electron chi connectivity index (χ4n) is 1.38. The van der Waals surface area contributed by atoms with Crippen LogP contribution in [0.15, 0.2) is 18.2 Å². The van der Waals surface area contributed by atoms with Crippen molar-refractivity contribution >= 4 is 0 Å². The smallest absolute Gasteiger partial charge is 0.211 e. The molecule has 0 aliphatic carbocycles. The minimum atomic E-state index is -1.60. The van der Waals surface area contributed by atoms with Crippen molar-refractivity contribution in [3.05, 3.63) is 41.5 Å². The molecule has 0 saturated carbocycles. The van der Waals surface area contributed by atoms with Crippen LogP contribution in [0.2, 0.25) is 0 Å². The van der Waals surface area contributed by atoms with Gasteiger partial charge in [0, 0.05) is 6.07 Å². The zero-order valence-corrected chi connectivity index (χ0v) is 9.49. The molecule has 0 aliphatic heterocycles. The quantitative estimate of drug-likeness (QED) is 0.587. The number of phenols is 3. The van der Waals surface area contributed by atoms with E-state index in [1.54, 1.807) is 0 Å². The van der Waals surface area contributed by atoms with Gasteiger partial charge < -0.3 is 20.1 Å². The molecule has 0 spiro atoms. The van der Waals surface area contributed by atoms with E-state index in [4.69, 9.17) is 10.2 Å². The van der Waals surface area contributed by atoms with Crippen LogP contribution < -0.4 is 4.74 Å². The van der Waals surface area contributed by atoms with Gasteiger partial charge in [0.15, 0.2) is 34.7 Å². The first-order chi connectivity index (χ1) is 9.32. The fourth-order valence-corrected chi connectivity index (χ4v) is 1.38. The molecule has 8 heteroatoms. The Morgan fingerprint density at radius 1 is 0.750 bits per heavy atom. The average Bonchev–Trinajstić information content (AvgIpc) is 2.42. The van der Waals surface area contributed by atoms with E-state index in [0.717, 1.165) is 0 Å². The topological polar surface area (TPSA) is 69.9 Å². The molecule has 0 aromatic heterocycles. The summed E-state index contributed by atoms with van der Waals surface area (Å²) in [6.07, 6.45) is 0. The van der Waals surface area contributed by atoms with Gasteiger partial charge in [-0.3, -0.25) is 0 Å². The lowest BCUT2D eigenvalue weighted by Gasteiger charge is -2.11. The summed E-state index contributed by atoms with van der Waals surface area (Å²) < 4.78 is 57.5. The molecular weight excluding hydrogens is 284 g/mol. The van der Waals surface area contributed by atoms with E-state index in [9.17, 15) is 22.7 Å². The van der Waals surface area contributed by atoms with Crippen LogP contribution in [0.1, 0.15) is 0 Å². The number of halogens is 4. The second-order valence-corrected chi connectivity index (χ2v) is 3.68. The molecule has 0 heterocycles. The van der Waals surface area contributed by atoms with Gasteiger partial charge in [-0.25, -0.2) is 13.2 Å². The molecule has 0 unspecified atom stereocenters. The average molecular weight is 290 g/mol. The van der Waals surface area contributed by atoms with E-state index < -0.39 is 52.0 Å². The van der Waals surface area contributed by atoms with Gasteiger partial charge in [-0.15, -0.1) is 0 Å². The van der Waals surface area contributed by atoms with E-state index in [2.05, 4.69) is 4.74 Å². The predicted molar refractivity (Wildman–Crippen MR) is 57.8 cm³/mol. The second kappa shape index (κ2) is 4.80. The van der Waals surface area contributed by atoms with Crippen molar-refractivity contribution in [3.8, 4) is 28.7 Å². The first kappa shape index (κ1) is 13.8. The molecule has 20 heavy (non-hydrogen) atoms. The van der Waals surface area contributed by atoms with Gasteiger partial charge in [0.25, 0.3) is 0 Å². The summed E-state index contributed by atoms with van der Waals surface area (Å²) in [5.74, 6) is -11.7. The molecule has 106 valence electrons. The summed E-state index contributed by atoms with van der Waals surface area (Å²) in [6.45, 7) is 0. The maximum absolute atomic E-state index is 13.5. The lowest BCUT2D eigenvalue weighted by molar-refractivity contribution is 0.328. The van der Waals surface area contributed by atoms with Gasteiger partial charge in [-0.2, -0.15) is 4.39 Å². The predicted octanol–water partition coefficient (Wildman–Crippen LogP) is 3.15. The highest BCUT2D eigenvalue weighted by atomic mass is 19.1. The third kappa shape index (κ3) is 2.15. The normalized spacial score (nSPS) is 10.6. The second-order valence-electron chi connectivity index (χ2n) is 3.68. The molecule has 2 aromatic carbocycles. The maximum Gasteiger partial charge on any atom is 0.211 e. The van der Waals surface area contributed by atoms with E-state index in [1.165, 1.54) is 0 Å². The molecule has 4 nitrogen and oxygen atoms in total. The summed E-state index contributed by atoms with van der Waals surface area (Å²) in [6, 6.07) is 1.50. The highest BCUT2D eigenvalue weighted by Gasteiger charge is 2.22. The molecule has 0 amide bonds. The molecule has 2 aromatic rings. The highest BCUT2D eigenvalue weighted by Crippen LogP contribution is 2.41.